The summed E-state index contributed by atoms with van der Waals surface area (Å²) in [6, 6.07) is 0. The molecule has 1 aliphatic heterocycles. The number of fused-ring (bicyclic) bond motifs is 1. The van der Waals surface area contributed by atoms with E-state index in [1.807, 2.05) is 18.2 Å². The van der Waals surface area contributed by atoms with Gasteiger partial charge < -0.3 is 9.84 Å². The number of rotatable bonds is 2. The van der Waals surface area contributed by atoms with Crippen LogP contribution in [0, 0.1) is 5.92 Å². The summed E-state index contributed by atoms with van der Waals surface area (Å²) in [6.07, 6.45) is 9.90. The Morgan fingerprint density at radius 3 is 3.13 bits per heavy atom. The van der Waals surface area contributed by atoms with Gasteiger partial charge in [0.05, 0.1) is 12.2 Å². The highest BCUT2D eigenvalue weighted by Crippen LogP contribution is 2.29. The first-order valence-corrected chi connectivity index (χ1v) is 4.86. The molecule has 3 heteroatoms. The second-order valence-electron chi connectivity index (χ2n) is 3.62. The number of hydrogen-bond acceptors (Lipinski definition) is 2. The number of carboxylic acid groups (broad SMARTS) is 1. The van der Waals surface area contributed by atoms with Gasteiger partial charge in [0, 0.05) is 0 Å². The molecule has 0 spiro atoms. The molecule has 1 aliphatic carbocycles. The van der Waals surface area contributed by atoms with Gasteiger partial charge in [-0.05, 0) is 36.6 Å². The van der Waals surface area contributed by atoms with Crippen molar-refractivity contribution < 1.29 is 14.6 Å². The minimum Gasteiger partial charge on any atom is -0.481 e. The van der Waals surface area contributed by atoms with Crippen LogP contribution in [0.4, 0.5) is 0 Å². The monoisotopic (exact) mass is 204 g/mol. The normalized spacial score (nSPS) is 20.5. The average Bonchev–Trinajstić information content (AvgIpc) is 2.27. The minimum atomic E-state index is -0.808. The Labute approximate surface area is 88.1 Å². The summed E-state index contributed by atoms with van der Waals surface area (Å²) in [5.74, 6) is -0.520. The minimum absolute atomic E-state index is 0.478. The fourth-order valence-corrected chi connectivity index (χ4v) is 1.60. The van der Waals surface area contributed by atoms with Crippen LogP contribution >= 0.6 is 0 Å². The van der Waals surface area contributed by atoms with Crippen LogP contribution in [-0.4, -0.2) is 11.1 Å². The van der Waals surface area contributed by atoms with E-state index < -0.39 is 11.9 Å². The average molecular weight is 204 g/mol. The summed E-state index contributed by atoms with van der Waals surface area (Å²) in [7, 11) is 0. The maximum Gasteiger partial charge on any atom is 0.310 e. The van der Waals surface area contributed by atoms with Crippen LogP contribution < -0.4 is 0 Å². The second kappa shape index (κ2) is 3.77. The third-order valence-corrected chi connectivity index (χ3v) is 2.61. The Morgan fingerprint density at radius 2 is 2.40 bits per heavy atom. The fourth-order valence-electron chi connectivity index (χ4n) is 1.60. The molecule has 0 bridgehead atoms. The summed E-state index contributed by atoms with van der Waals surface area (Å²) >= 11 is 0. The largest absolute Gasteiger partial charge is 0.481 e. The summed E-state index contributed by atoms with van der Waals surface area (Å²) in [6.45, 7) is 1.68. The first-order valence-electron chi connectivity index (χ1n) is 4.86. The van der Waals surface area contributed by atoms with Gasteiger partial charge in [-0.2, -0.15) is 0 Å². The fraction of sp³-hybridized carbons (Fsp3) is 0.250. The number of carboxylic acids is 1. The molecule has 0 radical (unpaired) electrons. The smallest absolute Gasteiger partial charge is 0.310 e. The van der Waals surface area contributed by atoms with Gasteiger partial charge in [-0.3, -0.25) is 4.79 Å². The van der Waals surface area contributed by atoms with Crippen molar-refractivity contribution in [1.82, 2.24) is 0 Å². The van der Waals surface area contributed by atoms with Crippen LogP contribution in [0.25, 0.3) is 0 Å². The van der Waals surface area contributed by atoms with Crippen molar-refractivity contribution in [3.63, 3.8) is 0 Å². The first-order chi connectivity index (χ1) is 7.18. The van der Waals surface area contributed by atoms with Crippen molar-refractivity contribution >= 4 is 5.97 Å². The molecular formula is C12H12O3. The van der Waals surface area contributed by atoms with Gasteiger partial charge in [0.1, 0.15) is 5.76 Å². The Kier molecular flexibility index (Phi) is 2.46. The van der Waals surface area contributed by atoms with Gasteiger partial charge in [-0.15, -0.1) is 0 Å². The van der Waals surface area contributed by atoms with Crippen LogP contribution in [-0.2, 0) is 9.53 Å². The summed E-state index contributed by atoms with van der Waals surface area (Å²) in [5.41, 5.74) is 1.91. The number of aliphatic carboxylic acids is 1. The van der Waals surface area contributed by atoms with E-state index in [1.54, 1.807) is 19.3 Å². The molecule has 0 aromatic heterocycles. The zero-order valence-electron chi connectivity index (χ0n) is 8.43. The second-order valence-corrected chi connectivity index (χ2v) is 3.62. The topological polar surface area (TPSA) is 46.5 Å². The van der Waals surface area contributed by atoms with Gasteiger partial charge in [-0.1, -0.05) is 12.2 Å². The lowest BCUT2D eigenvalue weighted by Gasteiger charge is -2.19. The van der Waals surface area contributed by atoms with Crippen LogP contribution in [0.2, 0.25) is 0 Å². The lowest BCUT2D eigenvalue weighted by Crippen LogP contribution is -2.14. The van der Waals surface area contributed by atoms with Crippen LogP contribution in [0.3, 0.4) is 0 Å². The predicted molar refractivity (Wildman–Crippen MR) is 55.9 cm³/mol. The summed E-state index contributed by atoms with van der Waals surface area (Å²) in [4.78, 5) is 10.8. The van der Waals surface area contributed by atoms with E-state index in [2.05, 4.69) is 0 Å². The van der Waals surface area contributed by atoms with Crippen LogP contribution in [0.5, 0.6) is 0 Å². The van der Waals surface area contributed by atoms with Crippen molar-refractivity contribution in [2.45, 2.75) is 13.3 Å². The molecule has 3 nitrogen and oxygen atoms in total. The zero-order chi connectivity index (χ0) is 10.8. The van der Waals surface area contributed by atoms with E-state index in [-0.39, 0.29) is 0 Å². The lowest BCUT2D eigenvalue weighted by molar-refractivity contribution is -0.139. The molecule has 15 heavy (non-hydrogen) atoms. The van der Waals surface area contributed by atoms with Crippen LogP contribution in [0.15, 0.2) is 47.5 Å². The molecule has 2 rings (SSSR count). The van der Waals surface area contributed by atoms with Gasteiger partial charge in [0.2, 0.25) is 0 Å². The summed E-state index contributed by atoms with van der Waals surface area (Å²) in [5, 5.41) is 8.89. The van der Waals surface area contributed by atoms with Crippen molar-refractivity contribution in [3.8, 4) is 0 Å². The third kappa shape index (κ3) is 1.86. The van der Waals surface area contributed by atoms with Crippen molar-refractivity contribution in [1.29, 1.82) is 0 Å². The highest BCUT2D eigenvalue weighted by Gasteiger charge is 2.20. The maximum atomic E-state index is 10.8. The van der Waals surface area contributed by atoms with E-state index >= 15 is 0 Å². The molecule has 1 N–H and O–H groups in total. The summed E-state index contributed by atoms with van der Waals surface area (Å²) < 4.78 is 5.32. The quantitative estimate of drug-likeness (QED) is 0.751. The Hall–Kier alpha value is -1.77. The van der Waals surface area contributed by atoms with E-state index in [0.717, 1.165) is 23.3 Å². The number of allylic oxidation sites excluding steroid dienone is 5. The number of hydrogen-bond donors (Lipinski definition) is 1. The molecule has 1 unspecified atom stereocenters. The van der Waals surface area contributed by atoms with Crippen molar-refractivity contribution in [3.05, 3.63) is 47.5 Å². The molecule has 0 saturated heterocycles. The molecule has 2 aliphatic rings. The predicted octanol–water partition coefficient (Wildman–Crippen LogP) is 2.39. The SMILES string of the molecule is CC(C(=O)O)C1=CCC2=CC=COC2=C1. The van der Waals surface area contributed by atoms with Gasteiger partial charge >= 0.3 is 5.97 Å². The number of carbonyl (C=O) groups is 1. The van der Waals surface area contributed by atoms with Gasteiger partial charge in [-0.25, -0.2) is 0 Å². The molecule has 78 valence electrons. The molecule has 0 amide bonds. The van der Waals surface area contributed by atoms with E-state index in [9.17, 15) is 4.79 Å². The van der Waals surface area contributed by atoms with E-state index in [0.29, 0.717) is 0 Å². The zero-order valence-corrected chi connectivity index (χ0v) is 8.43. The molecule has 0 aromatic carbocycles. The van der Waals surface area contributed by atoms with E-state index in [4.69, 9.17) is 9.84 Å². The molecule has 0 saturated carbocycles. The van der Waals surface area contributed by atoms with Gasteiger partial charge in [0.15, 0.2) is 0 Å². The molecular weight excluding hydrogens is 192 g/mol. The van der Waals surface area contributed by atoms with Crippen LogP contribution in [0.1, 0.15) is 13.3 Å². The Morgan fingerprint density at radius 1 is 1.60 bits per heavy atom. The third-order valence-electron chi connectivity index (χ3n) is 2.61. The van der Waals surface area contributed by atoms with E-state index in [1.165, 1.54) is 0 Å². The highest BCUT2D eigenvalue weighted by atomic mass is 16.5. The molecule has 0 aromatic rings. The van der Waals surface area contributed by atoms with Crippen molar-refractivity contribution in [2.24, 2.45) is 5.92 Å². The maximum absolute atomic E-state index is 10.8. The molecule has 1 atom stereocenters. The molecule has 0 fully saturated rings. The lowest BCUT2D eigenvalue weighted by atomic mass is 9.92. The first kappa shape index (κ1) is 9.77. The number of ether oxygens (including phenoxy) is 1. The highest BCUT2D eigenvalue weighted by molar-refractivity contribution is 5.74. The molecule has 1 heterocycles. The standard InChI is InChI=1S/C12H12O3/c1-8(12(13)14)10-5-4-9-3-2-6-15-11(9)7-10/h2-3,5-8H,4H2,1H3,(H,13,14). The Bertz CT molecular complexity index is 411. The Balaban J connectivity index is 2.23. The van der Waals surface area contributed by atoms with Gasteiger partial charge in [0.25, 0.3) is 0 Å². The van der Waals surface area contributed by atoms with Crippen molar-refractivity contribution in [2.75, 3.05) is 0 Å².